The van der Waals surface area contributed by atoms with E-state index in [1.807, 2.05) is 19.1 Å². The van der Waals surface area contributed by atoms with Crippen molar-refractivity contribution in [3.8, 4) is 0 Å². The first-order chi connectivity index (χ1) is 9.15. The fraction of sp³-hybridized carbons (Fsp3) is 0.235. The van der Waals surface area contributed by atoms with Gasteiger partial charge in [0.1, 0.15) is 5.82 Å². The van der Waals surface area contributed by atoms with Crippen LogP contribution in [0, 0.1) is 5.82 Å². The van der Waals surface area contributed by atoms with Gasteiger partial charge in [0.05, 0.1) is 0 Å². The number of halogens is 1. The van der Waals surface area contributed by atoms with Gasteiger partial charge in [0.2, 0.25) is 0 Å². The van der Waals surface area contributed by atoms with Crippen LogP contribution in [0.4, 0.5) is 4.39 Å². The van der Waals surface area contributed by atoms with E-state index in [1.54, 1.807) is 0 Å². The summed E-state index contributed by atoms with van der Waals surface area (Å²) < 4.78 is 12.9. The van der Waals surface area contributed by atoms with Crippen molar-refractivity contribution < 1.29 is 9.18 Å². The van der Waals surface area contributed by atoms with Crippen molar-refractivity contribution in [3.63, 3.8) is 0 Å². The number of rotatable bonds is 4. The second-order valence-electron chi connectivity index (χ2n) is 4.53. The van der Waals surface area contributed by atoms with Crippen LogP contribution in [0.25, 0.3) is 0 Å². The molecule has 0 atom stereocenters. The van der Waals surface area contributed by atoms with Crippen molar-refractivity contribution in [2.75, 3.05) is 0 Å². The number of ketones is 1. The minimum absolute atomic E-state index is 0.0350. The molecular formula is C17H17FO. The van der Waals surface area contributed by atoms with Crippen molar-refractivity contribution in [2.24, 2.45) is 0 Å². The van der Waals surface area contributed by atoms with Crippen LogP contribution >= 0.6 is 0 Å². The molecule has 0 heterocycles. The predicted octanol–water partition coefficient (Wildman–Crippen LogP) is 4.18. The summed E-state index contributed by atoms with van der Waals surface area (Å²) in [5.41, 5.74) is 3.44. The quantitative estimate of drug-likeness (QED) is 0.750. The van der Waals surface area contributed by atoms with Gasteiger partial charge in [-0.15, -0.1) is 0 Å². The Morgan fingerprint density at radius 1 is 1.00 bits per heavy atom. The van der Waals surface area contributed by atoms with Crippen LogP contribution in [0.2, 0.25) is 0 Å². The Morgan fingerprint density at radius 3 is 2.26 bits per heavy atom. The molecule has 0 aliphatic carbocycles. The Bertz CT molecular complexity index is 585. The van der Waals surface area contributed by atoms with Crippen molar-refractivity contribution in [3.05, 3.63) is 70.5 Å². The molecule has 0 saturated heterocycles. The summed E-state index contributed by atoms with van der Waals surface area (Å²) in [6.45, 7) is 4.09. The van der Waals surface area contributed by atoms with E-state index in [0.717, 1.165) is 29.5 Å². The first-order valence-corrected chi connectivity index (χ1v) is 6.57. The molecule has 0 bridgehead atoms. The Kier molecular flexibility index (Phi) is 4.10. The van der Waals surface area contributed by atoms with Gasteiger partial charge in [-0.2, -0.15) is 0 Å². The summed E-state index contributed by atoms with van der Waals surface area (Å²) in [7, 11) is 0. The summed E-state index contributed by atoms with van der Waals surface area (Å²) in [5, 5.41) is 0. The van der Waals surface area contributed by atoms with Gasteiger partial charge in [-0.3, -0.25) is 4.79 Å². The monoisotopic (exact) mass is 256 g/mol. The van der Waals surface area contributed by atoms with E-state index >= 15 is 0 Å². The molecule has 98 valence electrons. The molecule has 0 spiro atoms. The third kappa shape index (κ3) is 2.90. The molecule has 2 aromatic carbocycles. The molecule has 2 heteroatoms. The van der Waals surface area contributed by atoms with Gasteiger partial charge in [-0.05, 0) is 54.3 Å². The van der Waals surface area contributed by atoms with E-state index in [1.165, 1.54) is 24.3 Å². The van der Waals surface area contributed by atoms with Gasteiger partial charge in [-0.25, -0.2) is 4.39 Å². The maximum atomic E-state index is 12.9. The largest absolute Gasteiger partial charge is 0.289 e. The Morgan fingerprint density at radius 2 is 1.68 bits per heavy atom. The smallest absolute Gasteiger partial charge is 0.193 e. The topological polar surface area (TPSA) is 17.1 Å². The van der Waals surface area contributed by atoms with Crippen LogP contribution in [0.5, 0.6) is 0 Å². The number of carbonyl (C=O) groups is 1. The molecule has 0 aliphatic rings. The van der Waals surface area contributed by atoms with Crippen molar-refractivity contribution >= 4 is 5.78 Å². The molecule has 0 radical (unpaired) electrons. The molecule has 1 nitrogen and oxygen atoms in total. The summed E-state index contributed by atoms with van der Waals surface area (Å²) in [4.78, 5) is 12.5. The zero-order valence-corrected chi connectivity index (χ0v) is 11.2. The van der Waals surface area contributed by atoms with Crippen molar-refractivity contribution in [1.29, 1.82) is 0 Å². The third-order valence-electron chi connectivity index (χ3n) is 3.31. The van der Waals surface area contributed by atoms with E-state index < -0.39 is 0 Å². The second-order valence-corrected chi connectivity index (χ2v) is 4.53. The molecule has 2 rings (SSSR count). The highest BCUT2D eigenvalue weighted by molar-refractivity contribution is 6.10. The maximum Gasteiger partial charge on any atom is 0.193 e. The second kappa shape index (κ2) is 5.79. The van der Waals surface area contributed by atoms with Gasteiger partial charge < -0.3 is 0 Å². The average Bonchev–Trinajstić information content (AvgIpc) is 2.46. The molecule has 0 N–H and O–H groups in total. The predicted molar refractivity (Wildman–Crippen MR) is 75.0 cm³/mol. The minimum atomic E-state index is -0.324. The van der Waals surface area contributed by atoms with Crippen LogP contribution in [0.1, 0.15) is 40.9 Å². The Hall–Kier alpha value is -1.96. The Balaban J connectivity index is 2.44. The molecular weight excluding hydrogens is 239 g/mol. The molecule has 0 aliphatic heterocycles. The van der Waals surface area contributed by atoms with E-state index in [4.69, 9.17) is 0 Å². The molecule has 0 amide bonds. The molecule has 0 unspecified atom stereocenters. The molecule has 0 fully saturated rings. The number of carbonyl (C=O) groups excluding carboxylic acids is 1. The average molecular weight is 256 g/mol. The highest BCUT2D eigenvalue weighted by atomic mass is 19.1. The van der Waals surface area contributed by atoms with Crippen LogP contribution in [-0.4, -0.2) is 5.78 Å². The summed E-state index contributed by atoms with van der Waals surface area (Å²) in [6, 6.07) is 11.7. The highest BCUT2D eigenvalue weighted by Gasteiger charge is 2.13. The van der Waals surface area contributed by atoms with Crippen molar-refractivity contribution in [2.45, 2.75) is 26.7 Å². The fourth-order valence-corrected chi connectivity index (χ4v) is 2.12. The zero-order valence-electron chi connectivity index (χ0n) is 11.2. The number of hydrogen-bond donors (Lipinski definition) is 0. The standard InChI is InChI=1S/C17H17FO/c1-3-12-5-6-13(4-2)16(11-12)17(19)14-7-9-15(18)10-8-14/h5-11H,3-4H2,1-2H3. The van der Waals surface area contributed by atoms with Crippen LogP contribution in [0.3, 0.4) is 0 Å². The zero-order chi connectivity index (χ0) is 13.8. The summed E-state index contributed by atoms with van der Waals surface area (Å²) in [5.74, 6) is -0.360. The first kappa shape index (κ1) is 13.5. The number of aryl methyl sites for hydroxylation is 2. The lowest BCUT2D eigenvalue weighted by Crippen LogP contribution is -2.06. The third-order valence-corrected chi connectivity index (χ3v) is 3.31. The van der Waals surface area contributed by atoms with E-state index in [-0.39, 0.29) is 11.6 Å². The van der Waals surface area contributed by atoms with Crippen LogP contribution in [0.15, 0.2) is 42.5 Å². The summed E-state index contributed by atoms with van der Waals surface area (Å²) >= 11 is 0. The van der Waals surface area contributed by atoms with Gasteiger partial charge in [0.25, 0.3) is 0 Å². The van der Waals surface area contributed by atoms with Gasteiger partial charge in [0.15, 0.2) is 5.78 Å². The lowest BCUT2D eigenvalue weighted by molar-refractivity contribution is 0.103. The number of benzene rings is 2. The minimum Gasteiger partial charge on any atom is -0.289 e. The highest BCUT2D eigenvalue weighted by Crippen LogP contribution is 2.18. The molecule has 19 heavy (non-hydrogen) atoms. The maximum absolute atomic E-state index is 12.9. The number of hydrogen-bond acceptors (Lipinski definition) is 1. The van der Waals surface area contributed by atoms with Gasteiger partial charge in [-0.1, -0.05) is 26.0 Å². The normalized spacial score (nSPS) is 10.5. The molecule has 0 aromatic heterocycles. The van der Waals surface area contributed by atoms with E-state index in [0.29, 0.717) is 5.56 Å². The lowest BCUT2D eigenvalue weighted by Gasteiger charge is -2.09. The van der Waals surface area contributed by atoms with Crippen molar-refractivity contribution in [1.82, 2.24) is 0 Å². The van der Waals surface area contributed by atoms with E-state index in [2.05, 4.69) is 13.0 Å². The Labute approximate surface area is 113 Å². The fourth-order valence-electron chi connectivity index (χ4n) is 2.12. The summed E-state index contributed by atoms with van der Waals surface area (Å²) in [6.07, 6.45) is 1.71. The van der Waals surface area contributed by atoms with E-state index in [9.17, 15) is 9.18 Å². The van der Waals surface area contributed by atoms with Crippen LogP contribution in [-0.2, 0) is 12.8 Å². The SMILES string of the molecule is CCc1ccc(CC)c(C(=O)c2ccc(F)cc2)c1. The first-order valence-electron chi connectivity index (χ1n) is 6.57. The molecule has 2 aromatic rings. The lowest BCUT2D eigenvalue weighted by atomic mass is 9.94. The molecule has 0 saturated carbocycles. The van der Waals surface area contributed by atoms with Gasteiger partial charge >= 0.3 is 0 Å². The van der Waals surface area contributed by atoms with Gasteiger partial charge in [0, 0.05) is 11.1 Å². The van der Waals surface area contributed by atoms with Crippen LogP contribution < -0.4 is 0 Å².